The van der Waals surface area contributed by atoms with Crippen LogP contribution in [-0.4, -0.2) is 35.9 Å². The standard InChI is InChI=1S/C18H23N3O3/c1-13-10-17(20-24-13)18(23)19-11-14-2-4-16(5-3-14)21-8-6-15(12-22)7-9-21/h2-5,10,15,22H,6-9,11-12H2,1H3,(H,19,23). The molecular weight excluding hydrogens is 306 g/mol. The van der Waals surface area contributed by atoms with Crippen molar-refractivity contribution < 1.29 is 14.4 Å². The van der Waals surface area contributed by atoms with Crippen LogP contribution >= 0.6 is 0 Å². The summed E-state index contributed by atoms with van der Waals surface area (Å²) in [5, 5.41) is 15.8. The summed E-state index contributed by atoms with van der Waals surface area (Å²) in [6.45, 7) is 4.46. The van der Waals surface area contributed by atoms with Crippen molar-refractivity contribution in [2.45, 2.75) is 26.3 Å². The van der Waals surface area contributed by atoms with Gasteiger partial charge in [-0.1, -0.05) is 17.3 Å². The quantitative estimate of drug-likeness (QED) is 0.878. The summed E-state index contributed by atoms with van der Waals surface area (Å²) in [6.07, 6.45) is 2.07. The molecule has 0 bridgehead atoms. The van der Waals surface area contributed by atoms with Gasteiger partial charge in [0, 0.05) is 38.0 Å². The highest BCUT2D eigenvalue weighted by Crippen LogP contribution is 2.23. The summed E-state index contributed by atoms with van der Waals surface area (Å²) in [5.74, 6) is 0.826. The van der Waals surface area contributed by atoms with Gasteiger partial charge in [-0.2, -0.15) is 0 Å². The molecule has 1 aliphatic rings. The van der Waals surface area contributed by atoms with Crippen LogP contribution in [0.5, 0.6) is 0 Å². The molecule has 3 rings (SSSR count). The van der Waals surface area contributed by atoms with Crippen molar-refractivity contribution >= 4 is 11.6 Å². The molecule has 2 aromatic rings. The first kappa shape index (κ1) is 16.5. The van der Waals surface area contributed by atoms with Crippen LogP contribution in [0.2, 0.25) is 0 Å². The molecular formula is C18H23N3O3. The molecule has 0 spiro atoms. The van der Waals surface area contributed by atoms with Crippen molar-refractivity contribution in [3.63, 3.8) is 0 Å². The van der Waals surface area contributed by atoms with Crippen LogP contribution in [0.3, 0.4) is 0 Å². The van der Waals surface area contributed by atoms with Gasteiger partial charge in [-0.05, 0) is 43.4 Å². The highest BCUT2D eigenvalue weighted by Gasteiger charge is 2.18. The third kappa shape index (κ3) is 3.94. The lowest BCUT2D eigenvalue weighted by molar-refractivity contribution is 0.0942. The lowest BCUT2D eigenvalue weighted by atomic mass is 9.97. The Morgan fingerprint density at radius 3 is 2.62 bits per heavy atom. The molecule has 0 unspecified atom stereocenters. The van der Waals surface area contributed by atoms with E-state index in [2.05, 4.69) is 27.5 Å². The van der Waals surface area contributed by atoms with Gasteiger partial charge in [0.2, 0.25) is 0 Å². The Hall–Kier alpha value is -2.34. The highest BCUT2D eigenvalue weighted by molar-refractivity contribution is 5.92. The van der Waals surface area contributed by atoms with Crippen molar-refractivity contribution in [2.24, 2.45) is 5.92 Å². The van der Waals surface area contributed by atoms with E-state index in [1.165, 1.54) is 5.69 Å². The molecule has 1 aromatic heterocycles. The highest BCUT2D eigenvalue weighted by atomic mass is 16.5. The van der Waals surface area contributed by atoms with E-state index in [4.69, 9.17) is 4.52 Å². The molecule has 1 saturated heterocycles. The van der Waals surface area contributed by atoms with Gasteiger partial charge in [-0.3, -0.25) is 4.79 Å². The normalized spacial score (nSPS) is 15.5. The SMILES string of the molecule is Cc1cc(C(=O)NCc2ccc(N3CCC(CO)CC3)cc2)no1. The zero-order valence-corrected chi connectivity index (χ0v) is 13.9. The van der Waals surface area contributed by atoms with Crippen molar-refractivity contribution in [2.75, 3.05) is 24.6 Å². The summed E-state index contributed by atoms with van der Waals surface area (Å²) < 4.78 is 4.90. The largest absolute Gasteiger partial charge is 0.396 e. The fourth-order valence-electron chi connectivity index (χ4n) is 2.94. The average molecular weight is 329 g/mol. The third-order valence-electron chi connectivity index (χ3n) is 4.49. The number of carbonyl (C=O) groups is 1. The number of nitrogens with one attached hydrogen (secondary N) is 1. The number of aryl methyl sites for hydroxylation is 1. The minimum absolute atomic E-state index is 0.234. The number of carbonyl (C=O) groups excluding carboxylic acids is 1. The number of benzene rings is 1. The maximum absolute atomic E-state index is 11.9. The van der Waals surface area contributed by atoms with Crippen LogP contribution in [-0.2, 0) is 6.54 Å². The van der Waals surface area contributed by atoms with E-state index >= 15 is 0 Å². The van der Waals surface area contributed by atoms with E-state index in [1.807, 2.05) is 12.1 Å². The molecule has 1 fully saturated rings. The first-order valence-corrected chi connectivity index (χ1v) is 8.32. The van der Waals surface area contributed by atoms with Gasteiger partial charge in [0.1, 0.15) is 5.76 Å². The third-order valence-corrected chi connectivity index (χ3v) is 4.49. The van der Waals surface area contributed by atoms with E-state index < -0.39 is 0 Å². The second-order valence-electron chi connectivity index (χ2n) is 6.28. The number of aliphatic hydroxyl groups is 1. The average Bonchev–Trinajstić information content (AvgIpc) is 3.07. The smallest absolute Gasteiger partial charge is 0.273 e. The lowest BCUT2D eigenvalue weighted by Crippen LogP contribution is -2.34. The molecule has 2 heterocycles. The van der Waals surface area contributed by atoms with Gasteiger partial charge < -0.3 is 19.8 Å². The summed E-state index contributed by atoms with van der Waals surface area (Å²) in [5.41, 5.74) is 2.53. The summed E-state index contributed by atoms with van der Waals surface area (Å²) >= 11 is 0. The number of nitrogens with zero attached hydrogens (tertiary/aromatic N) is 2. The van der Waals surface area contributed by atoms with Crippen molar-refractivity contribution in [3.05, 3.63) is 47.3 Å². The molecule has 2 N–H and O–H groups in total. The Morgan fingerprint density at radius 2 is 2.04 bits per heavy atom. The number of rotatable bonds is 5. The van der Waals surface area contributed by atoms with Crippen LogP contribution in [0.4, 0.5) is 5.69 Å². The Bertz CT molecular complexity index is 673. The Labute approximate surface area is 141 Å². The van der Waals surface area contributed by atoms with Crippen LogP contribution < -0.4 is 10.2 Å². The van der Waals surface area contributed by atoms with E-state index in [0.717, 1.165) is 31.5 Å². The minimum atomic E-state index is -0.234. The van der Waals surface area contributed by atoms with Crippen molar-refractivity contribution in [1.82, 2.24) is 10.5 Å². The van der Waals surface area contributed by atoms with Gasteiger partial charge in [0.05, 0.1) is 0 Å². The maximum atomic E-state index is 11.9. The topological polar surface area (TPSA) is 78.6 Å². The van der Waals surface area contributed by atoms with Gasteiger partial charge in [-0.15, -0.1) is 0 Å². The Morgan fingerprint density at radius 1 is 1.33 bits per heavy atom. The molecule has 6 nitrogen and oxygen atoms in total. The van der Waals surface area contributed by atoms with Crippen LogP contribution in [0.25, 0.3) is 0 Å². The number of hydrogen-bond donors (Lipinski definition) is 2. The van der Waals surface area contributed by atoms with E-state index in [9.17, 15) is 9.90 Å². The molecule has 128 valence electrons. The van der Waals surface area contributed by atoms with E-state index in [1.54, 1.807) is 13.0 Å². The van der Waals surface area contributed by atoms with E-state index in [-0.39, 0.29) is 12.5 Å². The number of aromatic nitrogens is 1. The molecule has 24 heavy (non-hydrogen) atoms. The summed E-state index contributed by atoms with van der Waals surface area (Å²) in [4.78, 5) is 14.3. The summed E-state index contributed by atoms with van der Waals surface area (Å²) in [6, 6.07) is 9.85. The maximum Gasteiger partial charge on any atom is 0.273 e. The number of hydrogen-bond acceptors (Lipinski definition) is 5. The number of anilines is 1. The lowest BCUT2D eigenvalue weighted by Gasteiger charge is -2.33. The van der Waals surface area contributed by atoms with Crippen LogP contribution in [0.15, 0.2) is 34.9 Å². The summed E-state index contributed by atoms with van der Waals surface area (Å²) in [7, 11) is 0. The molecule has 0 saturated carbocycles. The predicted molar refractivity (Wildman–Crippen MR) is 90.9 cm³/mol. The number of aliphatic hydroxyl groups excluding tert-OH is 1. The molecule has 0 aliphatic carbocycles. The minimum Gasteiger partial charge on any atom is -0.396 e. The molecule has 1 aliphatic heterocycles. The predicted octanol–water partition coefficient (Wildman–Crippen LogP) is 2.12. The fourth-order valence-corrected chi connectivity index (χ4v) is 2.94. The molecule has 0 radical (unpaired) electrons. The van der Waals surface area contributed by atoms with Gasteiger partial charge in [-0.25, -0.2) is 0 Å². The molecule has 6 heteroatoms. The number of piperidine rings is 1. The van der Waals surface area contributed by atoms with Crippen LogP contribution in [0, 0.1) is 12.8 Å². The zero-order valence-electron chi connectivity index (χ0n) is 13.9. The first-order valence-electron chi connectivity index (χ1n) is 8.32. The molecule has 1 aromatic carbocycles. The fraction of sp³-hybridized carbons (Fsp3) is 0.444. The second-order valence-corrected chi connectivity index (χ2v) is 6.28. The van der Waals surface area contributed by atoms with Gasteiger partial charge in [0.25, 0.3) is 5.91 Å². The van der Waals surface area contributed by atoms with Crippen LogP contribution in [0.1, 0.15) is 34.7 Å². The first-order chi connectivity index (χ1) is 11.7. The van der Waals surface area contributed by atoms with Gasteiger partial charge in [0.15, 0.2) is 5.69 Å². The number of amides is 1. The monoisotopic (exact) mass is 329 g/mol. The molecule has 1 amide bonds. The second kappa shape index (κ2) is 7.49. The Kier molecular flexibility index (Phi) is 5.15. The van der Waals surface area contributed by atoms with Crippen molar-refractivity contribution in [1.29, 1.82) is 0 Å². The van der Waals surface area contributed by atoms with E-state index in [0.29, 0.717) is 23.9 Å². The molecule has 0 atom stereocenters. The Balaban J connectivity index is 1.52. The zero-order chi connectivity index (χ0) is 16.9. The van der Waals surface area contributed by atoms with Gasteiger partial charge >= 0.3 is 0 Å². The van der Waals surface area contributed by atoms with Crippen molar-refractivity contribution in [3.8, 4) is 0 Å².